The van der Waals surface area contributed by atoms with Crippen LogP contribution in [-0.4, -0.2) is 52.4 Å². The fraction of sp³-hybridized carbons (Fsp3) is 0.421. The van der Waals surface area contributed by atoms with Gasteiger partial charge in [0.15, 0.2) is 0 Å². The Labute approximate surface area is 151 Å². The van der Waals surface area contributed by atoms with Crippen LogP contribution in [0.5, 0.6) is 0 Å². The highest BCUT2D eigenvalue weighted by atomic mass is 16.3. The van der Waals surface area contributed by atoms with E-state index in [1.54, 1.807) is 32.6 Å². The smallest absolute Gasteiger partial charge is 0.263 e. The molecule has 26 heavy (non-hydrogen) atoms. The van der Waals surface area contributed by atoms with Gasteiger partial charge in [0.25, 0.3) is 17.4 Å². The van der Waals surface area contributed by atoms with Gasteiger partial charge in [-0.05, 0) is 38.5 Å². The number of hydrogen-bond acceptors (Lipinski definition) is 4. The van der Waals surface area contributed by atoms with E-state index in [1.807, 2.05) is 13.8 Å². The molecule has 0 atom stereocenters. The first-order valence-electron chi connectivity index (χ1n) is 8.84. The second-order valence-electron chi connectivity index (χ2n) is 6.39. The zero-order chi connectivity index (χ0) is 18.7. The molecule has 0 radical (unpaired) electrons. The highest BCUT2D eigenvalue weighted by Gasteiger charge is 2.25. The second-order valence-corrected chi connectivity index (χ2v) is 6.39. The third-order valence-electron chi connectivity index (χ3n) is 4.78. The molecule has 1 aliphatic rings. The fourth-order valence-electron chi connectivity index (χ4n) is 3.29. The van der Waals surface area contributed by atoms with Crippen LogP contribution in [0.25, 0.3) is 0 Å². The minimum atomic E-state index is -0.269. The summed E-state index contributed by atoms with van der Waals surface area (Å²) in [5.41, 5.74) is 1.27. The molecule has 0 saturated carbocycles. The summed E-state index contributed by atoms with van der Waals surface area (Å²) in [4.78, 5) is 41.2. The zero-order valence-corrected chi connectivity index (χ0v) is 15.1. The van der Waals surface area contributed by atoms with Crippen molar-refractivity contribution in [2.24, 2.45) is 0 Å². The van der Waals surface area contributed by atoms with Gasteiger partial charge in [-0.15, -0.1) is 0 Å². The van der Waals surface area contributed by atoms with Crippen molar-refractivity contribution in [3.05, 3.63) is 57.9 Å². The number of furan rings is 1. The molecule has 1 fully saturated rings. The molecule has 3 heterocycles. The van der Waals surface area contributed by atoms with Gasteiger partial charge in [0.1, 0.15) is 11.8 Å². The van der Waals surface area contributed by atoms with Gasteiger partial charge >= 0.3 is 0 Å². The Kier molecular flexibility index (Phi) is 5.25. The SMILES string of the molecule is CCn1c(C)ccc(C(=O)N2CCCN(C(=O)c3ccoc3)CC2)c1=O. The van der Waals surface area contributed by atoms with Crippen LogP contribution in [0.3, 0.4) is 0 Å². The molecule has 0 spiro atoms. The molecule has 0 aliphatic carbocycles. The average molecular weight is 357 g/mol. The van der Waals surface area contributed by atoms with Gasteiger partial charge in [-0.2, -0.15) is 0 Å². The summed E-state index contributed by atoms with van der Waals surface area (Å²) >= 11 is 0. The number of aryl methyl sites for hydroxylation is 1. The van der Waals surface area contributed by atoms with Crippen molar-refractivity contribution in [3.8, 4) is 0 Å². The third kappa shape index (κ3) is 3.42. The summed E-state index contributed by atoms with van der Waals surface area (Å²) in [6.07, 6.45) is 3.57. The molecule has 7 heteroatoms. The van der Waals surface area contributed by atoms with Crippen molar-refractivity contribution in [3.63, 3.8) is 0 Å². The van der Waals surface area contributed by atoms with Crippen molar-refractivity contribution in [1.82, 2.24) is 14.4 Å². The Morgan fingerprint density at radius 2 is 1.73 bits per heavy atom. The van der Waals surface area contributed by atoms with Crippen LogP contribution in [0.4, 0.5) is 0 Å². The van der Waals surface area contributed by atoms with E-state index in [2.05, 4.69) is 0 Å². The van der Waals surface area contributed by atoms with Crippen LogP contribution >= 0.6 is 0 Å². The molecule has 2 amide bonds. The van der Waals surface area contributed by atoms with E-state index in [0.29, 0.717) is 44.7 Å². The molecule has 0 unspecified atom stereocenters. The lowest BCUT2D eigenvalue weighted by Gasteiger charge is -2.22. The number of hydrogen-bond donors (Lipinski definition) is 0. The minimum absolute atomic E-state index is 0.100. The lowest BCUT2D eigenvalue weighted by molar-refractivity contribution is 0.0717. The lowest BCUT2D eigenvalue weighted by atomic mass is 10.2. The lowest BCUT2D eigenvalue weighted by Crippen LogP contribution is -2.40. The van der Waals surface area contributed by atoms with Crippen LogP contribution in [-0.2, 0) is 6.54 Å². The predicted octanol–water partition coefficient (Wildman–Crippen LogP) is 1.76. The number of carbonyl (C=O) groups excluding carboxylic acids is 2. The molecule has 1 saturated heterocycles. The first kappa shape index (κ1) is 18.0. The Bertz CT molecular complexity index is 854. The number of aromatic nitrogens is 1. The zero-order valence-electron chi connectivity index (χ0n) is 15.1. The van der Waals surface area contributed by atoms with E-state index < -0.39 is 0 Å². The molecular formula is C19H23N3O4. The molecule has 0 N–H and O–H groups in total. The number of amides is 2. The summed E-state index contributed by atoms with van der Waals surface area (Å²) in [5.74, 6) is -0.369. The second kappa shape index (κ2) is 7.59. The highest BCUT2D eigenvalue weighted by molar-refractivity contribution is 5.95. The summed E-state index contributed by atoms with van der Waals surface area (Å²) < 4.78 is 6.57. The quantitative estimate of drug-likeness (QED) is 0.839. The largest absolute Gasteiger partial charge is 0.472 e. The molecule has 7 nitrogen and oxygen atoms in total. The number of carbonyl (C=O) groups is 2. The average Bonchev–Trinajstić information content (AvgIpc) is 3.05. The van der Waals surface area contributed by atoms with E-state index >= 15 is 0 Å². The normalized spacial score (nSPS) is 15.0. The van der Waals surface area contributed by atoms with Gasteiger partial charge in [0, 0.05) is 38.4 Å². The van der Waals surface area contributed by atoms with Gasteiger partial charge in [-0.25, -0.2) is 0 Å². The maximum Gasteiger partial charge on any atom is 0.263 e. The van der Waals surface area contributed by atoms with Crippen LogP contribution in [0.1, 0.15) is 39.8 Å². The van der Waals surface area contributed by atoms with Crippen molar-refractivity contribution in [2.45, 2.75) is 26.8 Å². The van der Waals surface area contributed by atoms with E-state index in [4.69, 9.17) is 4.42 Å². The Balaban J connectivity index is 1.74. The van der Waals surface area contributed by atoms with E-state index in [9.17, 15) is 14.4 Å². The summed E-state index contributed by atoms with van der Waals surface area (Å²) in [6, 6.07) is 5.03. The summed E-state index contributed by atoms with van der Waals surface area (Å²) in [5, 5.41) is 0. The molecule has 3 rings (SSSR count). The van der Waals surface area contributed by atoms with Crippen molar-refractivity contribution >= 4 is 11.8 Å². The highest BCUT2D eigenvalue weighted by Crippen LogP contribution is 2.12. The number of rotatable bonds is 3. The topological polar surface area (TPSA) is 75.8 Å². The first-order chi connectivity index (χ1) is 12.5. The third-order valence-corrected chi connectivity index (χ3v) is 4.78. The maximum atomic E-state index is 12.9. The van der Waals surface area contributed by atoms with Crippen LogP contribution in [0, 0.1) is 6.92 Å². The summed E-state index contributed by atoms with van der Waals surface area (Å²) in [7, 11) is 0. The van der Waals surface area contributed by atoms with E-state index in [-0.39, 0.29) is 22.9 Å². The molecule has 0 aromatic carbocycles. The van der Waals surface area contributed by atoms with Crippen molar-refractivity contribution in [1.29, 1.82) is 0 Å². The van der Waals surface area contributed by atoms with Gasteiger partial charge in [0.2, 0.25) is 0 Å². The van der Waals surface area contributed by atoms with Gasteiger partial charge < -0.3 is 18.8 Å². The van der Waals surface area contributed by atoms with Crippen molar-refractivity contribution in [2.75, 3.05) is 26.2 Å². The van der Waals surface area contributed by atoms with E-state index in [1.165, 1.54) is 12.5 Å². The van der Waals surface area contributed by atoms with Crippen LogP contribution in [0.15, 0.2) is 39.9 Å². The summed E-state index contributed by atoms with van der Waals surface area (Å²) in [6.45, 7) is 6.19. The Hall–Kier alpha value is -2.83. The molecule has 2 aromatic heterocycles. The van der Waals surface area contributed by atoms with Crippen LogP contribution in [0.2, 0.25) is 0 Å². The number of nitrogens with zero attached hydrogens (tertiary/aromatic N) is 3. The molecule has 1 aliphatic heterocycles. The van der Waals surface area contributed by atoms with Gasteiger partial charge in [-0.3, -0.25) is 14.4 Å². The monoisotopic (exact) mass is 357 g/mol. The number of pyridine rings is 1. The van der Waals surface area contributed by atoms with Crippen LogP contribution < -0.4 is 5.56 Å². The van der Waals surface area contributed by atoms with E-state index in [0.717, 1.165) is 5.69 Å². The Morgan fingerprint density at radius 1 is 1.04 bits per heavy atom. The van der Waals surface area contributed by atoms with Gasteiger partial charge in [0.05, 0.1) is 11.8 Å². The maximum absolute atomic E-state index is 12.9. The molecular weight excluding hydrogens is 334 g/mol. The standard InChI is InChI=1S/C19H23N3O4/c1-3-22-14(2)5-6-16(19(22)25)18(24)21-9-4-8-20(10-11-21)17(23)15-7-12-26-13-15/h5-7,12-13H,3-4,8-11H2,1-2H3. The molecule has 2 aromatic rings. The van der Waals surface area contributed by atoms with Gasteiger partial charge in [-0.1, -0.05) is 0 Å². The fourth-order valence-corrected chi connectivity index (χ4v) is 3.29. The molecule has 0 bridgehead atoms. The Morgan fingerprint density at radius 3 is 2.35 bits per heavy atom. The predicted molar refractivity (Wildman–Crippen MR) is 96.2 cm³/mol. The minimum Gasteiger partial charge on any atom is -0.472 e. The van der Waals surface area contributed by atoms with Crippen molar-refractivity contribution < 1.29 is 14.0 Å². The first-order valence-corrected chi connectivity index (χ1v) is 8.84. The molecule has 138 valence electrons.